The third-order valence-electron chi connectivity index (χ3n) is 3.14. The lowest BCUT2D eigenvalue weighted by atomic mass is 10.0. The van der Waals surface area contributed by atoms with E-state index in [0.29, 0.717) is 6.79 Å². The summed E-state index contributed by atoms with van der Waals surface area (Å²) < 4.78 is 11.7. The van der Waals surface area contributed by atoms with Crippen molar-refractivity contribution < 1.29 is 9.47 Å². The van der Waals surface area contributed by atoms with Crippen molar-refractivity contribution in [2.75, 3.05) is 6.79 Å². The van der Waals surface area contributed by atoms with E-state index in [2.05, 4.69) is 48.1 Å². The van der Waals surface area contributed by atoms with Crippen molar-refractivity contribution in [2.24, 2.45) is 0 Å². The van der Waals surface area contributed by atoms with Crippen LogP contribution in [-0.4, -0.2) is 12.3 Å². The van der Waals surface area contributed by atoms with Gasteiger partial charge in [-0.2, -0.15) is 0 Å². The largest absolute Gasteiger partial charge is 0.454 e. The summed E-state index contributed by atoms with van der Waals surface area (Å²) in [6.45, 7) is 7.73. The number of halogens is 1. The van der Waals surface area contributed by atoms with Crippen LogP contribution in [0.25, 0.3) is 0 Å². The fraction of sp³-hybridized carbons (Fsp3) is 0.538. The maximum absolute atomic E-state index is 5.40. The number of ether oxygens (including phenoxy) is 2. The molecule has 1 N–H and O–H groups in total. The Morgan fingerprint density at radius 3 is 2.82 bits per heavy atom. The van der Waals surface area contributed by atoms with E-state index in [1.165, 1.54) is 5.56 Å². The highest BCUT2D eigenvalue weighted by molar-refractivity contribution is 9.10. The van der Waals surface area contributed by atoms with Crippen molar-refractivity contribution in [3.05, 3.63) is 22.2 Å². The van der Waals surface area contributed by atoms with Gasteiger partial charge in [-0.05, 0) is 53.9 Å². The second kappa shape index (κ2) is 4.86. The third-order valence-corrected chi connectivity index (χ3v) is 3.73. The second-order valence-electron chi connectivity index (χ2n) is 4.90. The van der Waals surface area contributed by atoms with Gasteiger partial charge in [0.25, 0.3) is 0 Å². The van der Waals surface area contributed by atoms with E-state index >= 15 is 0 Å². The van der Waals surface area contributed by atoms with Crippen molar-refractivity contribution in [3.63, 3.8) is 0 Å². The minimum atomic E-state index is 0.156. The van der Waals surface area contributed by atoms with Crippen LogP contribution in [0, 0.1) is 0 Å². The van der Waals surface area contributed by atoms with Gasteiger partial charge in [-0.15, -0.1) is 0 Å². The zero-order valence-electron chi connectivity index (χ0n) is 10.5. The first-order chi connectivity index (χ1) is 8.02. The maximum Gasteiger partial charge on any atom is 0.231 e. The van der Waals surface area contributed by atoms with E-state index in [9.17, 15) is 0 Å². The van der Waals surface area contributed by atoms with Crippen LogP contribution in [0.2, 0.25) is 0 Å². The highest BCUT2D eigenvalue weighted by Gasteiger charge is 2.19. The van der Waals surface area contributed by atoms with Crippen LogP contribution in [-0.2, 0) is 6.54 Å². The lowest BCUT2D eigenvalue weighted by Crippen LogP contribution is -2.37. The Hall–Kier alpha value is -0.740. The summed E-state index contributed by atoms with van der Waals surface area (Å²) in [5, 5.41) is 3.53. The molecule has 0 fully saturated rings. The van der Waals surface area contributed by atoms with Gasteiger partial charge in [0.2, 0.25) is 6.79 Å². The van der Waals surface area contributed by atoms with Crippen LogP contribution in [0.1, 0.15) is 32.8 Å². The van der Waals surface area contributed by atoms with Gasteiger partial charge in [0.05, 0.1) is 4.47 Å². The van der Waals surface area contributed by atoms with Gasteiger partial charge < -0.3 is 14.8 Å². The molecular formula is C13H18BrNO2. The first-order valence-electron chi connectivity index (χ1n) is 5.85. The number of hydrogen-bond acceptors (Lipinski definition) is 3. The fourth-order valence-corrected chi connectivity index (χ4v) is 2.19. The minimum absolute atomic E-state index is 0.156. The van der Waals surface area contributed by atoms with Crippen molar-refractivity contribution in [3.8, 4) is 11.5 Å². The van der Waals surface area contributed by atoms with Crippen molar-refractivity contribution >= 4 is 15.9 Å². The molecule has 2 rings (SSSR count). The maximum atomic E-state index is 5.40. The van der Waals surface area contributed by atoms with Crippen LogP contribution >= 0.6 is 15.9 Å². The summed E-state index contributed by atoms with van der Waals surface area (Å²) >= 11 is 3.50. The molecule has 1 aromatic carbocycles. The summed E-state index contributed by atoms with van der Waals surface area (Å²) in [4.78, 5) is 0. The molecule has 1 aromatic rings. The highest BCUT2D eigenvalue weighted by atomic mass is 79.9. The average Bonchev–Trinajstić information content (AvgIpc) is 2.75. The molecule has 0 spiro atoms. The van der Waals surface area contributed by atoms with Crippen LogP contribution in [0.3, 0.4) is 0 Å². The molecule has 1 heterocycles. The molecule has 94 valence electrons. The lowest BCUT2D eigenvalue weighted by Gasteiger charge is -2.24. The molecule has 0 radical (unpaired) electrons. The zero-order valence-corrected chi connectivity index (χ0v) is 12.1. The third kappa shape index (κ3) is 2.93. The molecule has 0 unspecified atom stereocenters. The lowest BCUT2D eigenvalue weighted by molar-refractivity contribution is 0.173. The van der Waals surface area contributed by atoms with Gasteiger partial charge in [-0.25, -0.2) is 0 Å². The Bertz CT molecular complexity index is 418. The van der Waals surface area contributed by atoms with E-state index < -0.39 is 0 Å². The quantitative estimate of drug-likeness (QED) is 0.924. The predicted octanol–water partition coefficient (Wildman–Crippen LogP) is 3.46. The van der Waals surface area contributed by atoms with Crippen LogP contribution in [0.15, 0.2) is 16.6 Å². The average molecular weight is 300 g/mol. The summed E-state index contributed by atoms with van der Waals surface area (Å²) in [5.41, 5.74) is 1.35. The number of nitrogens with one attached hydrogen (secondary N) is 1. The van der Waals surface area contributed by atoms with Crippen molar-refractivity contribution in [1.82, 2.24) is 5.32 Å². The van der Waals surface area contributed by atoms with Crippen LogP contribution in [0.4, 0.5) is 0 Å². The van der Waals surface area contributed by atoms with E-state index in [1.807, 2.05) is 6.07 Å². The van der Waals surface area contributed by atoms with E-state index in [0.717, 1.165) is 28.9 Å². The van der Waals surface area contributed by atoms with E-state index in [4.69, 9.17) is 9.47 Å². The summed E-state index contributed by atoms with van der Waals surface area (Å²) in [5.74, 6) is 1.63. The van der Waals surface area contributed by atoms with Gasteiger partial charge in [0.15, 0.2) is 11.5 Å². The molecular weight excluding hydrogens is 282 g/mol. The Morgan fingerprint density at radius 2 is 2.12 bits per heavy atom. The Labute approximate surface area is 111 Å². The summed E-state index contributed by atoms with van der Waals surface area (Å²) in [6, 6.07) is 4.11. The molecule has 0 amide bonds. The number of rotatable bonds is 4. The molecule has 0 atom stereocenters. The number of hydrogen-bond donors (Lipinski definition) is 1. The first kappa shape index (κ1) is 12.7. The first-order valence-corrected chi connectivity index (χ1v) is 6.64. The molecule has 0 bridgehead atoms. The standard InChI is InChI=1S/C13H18BrNO2/c1-4-13(2,3)15-7-9-5-10(14)12-11(6-9)16-8-17-12/h5-6,15H,4,7-8H2,1-3H3. The highest BCUT2D eigenvalue weighted by Crippen LogP contribution is 2.40. The molecule has 4 heteroatoms. The molecule has 1 aliphatic heterocycles. The monoisotopic (exact) mass is 299 g/mol. The Balaban J connectivity index is 2.10. The molecule has 3 nitrogen and oxygen atoms in total. The Kier molecular flexibility index (Phi) is 3.64. The summed E-state index contributed by atoms with van der Waals surface area (Å²) in [6.07, 6.45) is 1.10. The van der Waals surface area contributed by atoms with Crippen LogP contribution in [0.5, 0.6) is 11.5 Å². The topological polar surface area (TPSA) is 30.5 Å². The molecule has 0 saturated carbocycles. The van der Waals surface area contributed by atoms with Gasteiger partial charge in [0, 0.05) is 12.1 Å². The van der Waals surface area contributed by atoms with Gasteiger partial charge in [-0.1, -0.05) is 6.92 Å². The van der Waals surface area contributed by atoms with E-state index in [-0.39, 0.29) is 5.54 Å². The minimum Gasteiger partial charge on any atom is -0.454 e. The molecule has 0 aromatic heterocycles. The molecule has 0 aliphatic carbocycles. The SMILES string of the molecule is CCC(C)(C)NCc1cc(Br)c2c(c1)OCO2. The van der Waals surface area contributed by atoms with Crippen molar-refractivity contribution in [2.45, 2.75) is 39.3 Å². The summed E-state index contributed by atoms with van der Waals surface area (Å²) in [7, 11) is 0. The second-order valence-corrected chi connectivity index (χ2v) is 5.76. The fourth-order valence-electron chi connectivity index (χ4n) is 1.59. The number of benzene rings is 1. The van der Waals surface area contributed by atoms with Gasteiger partial charge >= 0.3 is 0 Å². The number of fused-ring (bicyclic) bond motifs is 1. The van der Waals surface area contributed by atoms with Crippen molar-refractivity contribution in [1.29, 1.82) is 0 Å². The predicted molar refractivity (Wildman–Crippen MR) is 71.5 cm³/mol. The molecule has 1 aliphatic rings. The van der Waals surface area contributed by atoms with Crippen LogP contribution < -0.4 is 14.8 Å². The van der Waals surface area contributed by atoms with Gasteiger partial charge in [-0.3, -0.25) is 0 Å². The zero-order chi connectivity index (χ0) is 12.5. The Morgan fingerprint density at radius 1 is 1.35 bits per heavy atom. The molecule has 17 heavy (non-hydrogen) atoms. The van der Waals surface area contributed by atoms with Gasteiger partial charge in [0.1, 0.15) is 0 Å². The van der Waals surface area contributed by atoms with E-state index in [1.54, 1.807) is 0 Å². The smallest absolute Gasteiger partial charge is 0.231 e. The molecule has 0 saturated heterocycles. The normalized spacial score (nSPS) is 14.1.